The summed E-state index contributed by atoms with van der Waals surface area (Å²) in [6.07, 6.45) is 6.99. The van der Waals surface area contributed by atoms with Crippen LogP contribution in [0.4, 0.5) is 17.5 Å². The summed E-state index contributed by atoms with van der Waals surface area (Å²) in [4.78, 5) is 21.0. The number of hydrogen-bond donors (Lipinski definition) is 3. The number of carbonyl (C=O) groups is 1. The third-order valence-electron chi connectivity index (χ3n) is 4.84. The van der Waals surface area contributed by atoms with E-state index in [9.17, 15) is 4.79 Å². The number of rotatable bonds is 8. The fourth-order valence-corrected chi connectivity index (χ4v) is 3.41. The lowest BCUT2D eigenvalue weighted by atomic mass is 9.89. The van der Waals surface area contributed by atoms with Crippen molar-refractivity contribution < 1.29 is 4.79 Å². The Morgan fingerprint density at radius 1 is 1.07 bits per heavy atom. The molecule has 1 amide bonds. The van der Waals surface area contributed by atoms with Crippen molar-refractivity contribution >= 4 is 23.4 Å². The molecular weight excluding hydrogens is 338 g/mol. The number of carbonyl (C=O) groups excluding carboxylic acids is 1. The van der Waals surface area contributed by atoms with Gasteiger partial charge in [-0.2, -0.15) is 4.98 Å². The summed E-state index contributed by atoms with van der Waals surface area (Å²) >= 11 is 0. The van der Waals surface area contributed by atoms with Crippen LogP contribution in [0.3, 0.4) is 0 Å². The molecule has 1 saturated carbocycles. The van der Waals surface area contributed by atoms with E-state index < -0.39 is 0 Å². The molecule has 1 aliphatic carbocycles. The molecule has 0 radical (unpaired) electrons. The van der Waals surface area contributed by atoms with Crippen molar-refractivity contribution in [2.75, 3.05) is 29.0 Å². The number of nitrogens with zero attached hydrogens (tertiary/aromatic N) is 2. The van der Waals surface area contributed by atoms with Crippen LogP contribution in [0.5, 0.6) is 0 Å². The summed E-state index contributed by atoms with van der Waals surface area (Å²) in [5.41, 5.74) is 1.72. The third kappa shape index (κ3) is 6.55. The molecule has 6 nitrogen and oxygen atoms in total. The molecule has 0 saturated heterocycles. The highest BCUT2D eigenvalue weighted by atomic mass is 16.1. The first-order valence-corrected chi connectivity index (χ1v) is 9.87. The predicted molar refractivity (Wildman–Crippen MR) is 110 cm³/mol. The fourth-order valence-electron chi connectivity index (χ4n) is 3.41. The van der Waals surface area contributed by atoms with Crippen LogP contribution in [0.25, 0.3) is 0 Å². The first kappa shape index (κ1) is 19.1. The van der Waals surface area contributed by atoms with Crippen LogP contribution in [0.15, 0.2) is 36.4 Å². The first-order valence-electron chi connectivity index (χ1n) is 9.87. The molecule has 3 N–H and O–H groups in total. The lowest BCUT2D eigenvalue weighted by Gasteiger charge is -2.21. The fraction of sp³-hybridized carbons (Fsp3) is 0.476. The summed E-state index contributed by atoms with van der Waals surface area (Å²) < 4.78 is 0. The van der Waals surface area contributed by atoms with Crippen molar-refractivity contribution in [1.82, 2.24) is 9.97 Å². The van der Waals surface area contributed by atoms with Crippen molar-refractivity contribution in [2.24, 2.45) is 5.92 Å². The molecule has 1 fully saturated rings. The molecule has 1 heterocycles. The maximum absolute atomic E-state index is 12.0. The Labute approximate surface area is 161 Å². The third-order valence-corrected chi connectivity index (χ3v) is 4.84. The van der Waals surface area contributed by atoms with Gasteiger partial charge in [0.1, 0.15) is 5.82 Å². The molecule has 0 bridgehead atoms. The molecule has 0 aliphatic heterocycles. The number of aryl methyl sites for hydroxylation is 1. The van der Waals surface area contributed by atoms with Crippen molar-refractivity contribution in [3.05, 3.63) is 42.1 Å². The van der Waals surface area contributed by atoms with E-state index in [4.69, 9.17) is 0 Å². The average Bonchev–Trinajstić information content (AvgIpc) is 2.68. The molecule has 1 aromatic carbocycles. The second-order valence-electron chi connectivity index (χ2n) is 7.19. The molecule has 1 aromatic heterocycles. The minimum absolute atomic E-state index is 0.0184. The second-order valence-corrected chi connectivity index (χ2v) is 7.19. The van der Waals surface area contributed by atoms with Gasteiger partial charge in [0.15, 0.2) is 0 Å². The van der Waals surface area contributed by atoms with Crippen LogP contribution in [-0.4, -0.2) is 29.0 Å². The van der Waals surface area contributed by atoms with Gasteiger partial charge < -0.3 is 16.0 Å². The van der Waals surface area contributed by atoms with Gasteiger partial charge in [-0.3, -0.25) is 4.79 Å². The van der Waals surface area contributed by atoms with Gasteiger partial charge in [0.25, 0.3) is 0 Å². The van der Waals surface area contributed by atoms with Gasteiger partial charge in [0, 0.05) is 37.0 Å². The standard InChI is InChI=1S/C21H29N5O/c1-16-14-19(22-13-12-20(27)25-18-10-6-3-7-11-18)26-21(24-16)23-15-17-8-4-2-5-9-17/h3,6-7,10-11,14,17H,2,4-5,8-9,12-13,15H2,1H3,(H,25,27)(H2,22,23,24,26). The van der Waals surface area contributed by atoms with Gasteiger partial charge in [0.2, 0.25) is 11.9 Å². The number of nitrogens with one attached hydrogen (secondary N) is 3. The summed E-state index contributed by atoms with van der Waals surface area (Å²) in [7, 11) is 0. The van der Waals surface area contributed by atoms with Crippen molar-refractivity contribution in [2.45, 2.75) is 45.4 Å². The molecule has 6 heteroatoms. The SMILES string of the molecule is Cc1cc(NCCC(=O)Nc2ccccc2)nc(NCC2CCCCC2)n1. The van der Waals surface area contributed by atoms with Crippen LogP contribution < -0.4 is 16.0 Å². The summed E-state index contributed by atoms with van der Waals surface area (Å²) in [5.74, 6) is 2.12. The summed E-state index contributed by atoms with van der Waals surface area (Å²) in [5, 5.41) is 9.50. The smallest absolute Gasteiger partial charge is 0.226 e. The average molecular weight is 367 g/mol. The number of amides is 1. The number of aromatic nitrogens is 2. The van der Waals surface area contributed by atoms with Gasteiger partial charge in [-0.1, -0.05) is 37.5 Å². The Morgan fingerprint density at radius 3 is 2.63 bits per heavy atom. The molecule has 0 spiro atoms. The number of para-hydroxylation sites is 1. The lowest BCUT2D eigenvalue weighted by molar-refractivity contribution is -0.115. The number of benzene rings is 1. The molecule has 144 valence electrons. The van der Waals surface area contributed by atoms with Crippen molar-refractivity contribution in [3.8, 4) is 0 Å². The van der Waals surface area contributed by atoms with E-state index in [1.165, 1.54) is 32.1 Å². The first-order chi connectivity index (χ1) is 13.2. The van der Waals surface area contributed by atoms with E-state index in [0.29, 0.717) is 18.9 Å². The highest BCUT2D eigenvalue weighted by Gasteiger charge is 2.13. The molecule has 0 unspecified atom stereocenters. The highest BCUT2D eigenvalue weighted by Crippen LogP contribution is 2.23. The quantitative estimate of drug-likeness (QED) is 0.651. The van der Waals surface area contributed by atoms with E-state index >= 15 is 0 Å². The van der Waals surface area contributed by atoms with Gasteiger partial charge in [-0.15, -0.1) is 0 Å². The maximum Gasteiger partial charge on any atom is 0.226 e. The van der Waals surface area contributed by atoms with E-state index in [-0.39, 0.29) is 5.91 Å². The topological polar surface area (TPSA) is 78.9 Å². The maximum atomic E-state index is 12.0. The normalized spacial score (nSPS) is 14.6. The minimum Gasteiger partial charge on any atom is -0.369 e. The number of anilines is 3. The molecule has 0 atom stereocenters. The van der Waals surface area contributed by atoms with Crippen molar-refractivity contribution in [3.63, 3.8) is 0 Å². The van der Waals surface area contributed by atoms with Crippen molar-refractivity contribution in [1.29, 1.82) is 0 Å². The molecule has 3 rings (SSSR count). The van der Waals surface area contributed by atoms with Crippen LogP contribution in [0.1, 0.15) is 44.2 Å². The van der Waals surface area contributed by atoms with E-state index in [2.05, 4.69) is 25.9 Å². The van der Waals surface area contributed by atoms with Gasteiger partial charge in [-0.25, -0.2) is 4.98 Å². The van der Waals surface area contributed by atoms with E-state index in [1.807, 2.05) is 43.3 Å². The van der Waals surface area contributed by atoms with Crippen LogP contribution in [0, 0.1) is 12.8 Å². The molecule has 27 heavy (non-hydrogen) atoms. The Balaban J connectivity index is 1.45. The van der Waals surface area contributed by atoms with E-state index in [0.717, 1.165) is 29.7 Å². The second kappa shape index (κ2) is 9.90. The molecule has 2 aromatic rings. The van der Waals surface area contributed by atoms with Gasteiger partial charge >= 0.3 is 0 Å². The van der Waals surface area contributed by atoms with Gasteiger partial charge in [0.05, 0.1) is 0 Å². The number of hydrogen-bond acceptors (Lipinski definition) is 5. The monoisotopic (exact) mass is 367 g/mol. The Bertz CT molecular complexity index is 729. The van der Waals surface area contributed by atoms with Crippen LogP contribution >= 0.6 is 0 Å². The Hall–Kier alpha value is -2.63. The minimum atomic E-state index is -0.0184. The zero-order valence-corrected chi connectivity index (χ0v) is 16.0. The zero-order chi connectivity index (χ0) is 18.9. The lowest BCUT2D eigenvalue weighted by Crippen LogP contribution is -2.19. The van der Waals surface area contributed by atoms with Crippen LogP contribution in [-0.2, 0) is 4.79 Å². The van der Waals surface area contributed by atoms with Gasteiger partial charge in [-0.05, 0) is 37.8 Å². The highest BCUT2D eigenvalue weighted by molar-refractivity contribution is 5.90. The Kier molecular flexibility index (Phi) is 7.02. The summed E-state index contributed by atoms with van der Waals surface area (Å²) in [6, 6.07) is 11.4. The van der Waals surface area contributed by atoms with Crippen LogP contribution in [0.2, 0.25) is 0 Å². The predicted octanol–water partition coefficient (Wildman–Crippen LogP) is 4.22. The molecular formula is C21H29N5O. The zero-order valence-electron chi connectivity index (χ0n) is 16.0. The van der Waals surface area contributed by atoms with E-state index in [1.54, 1.807) is 0 Å². The Morgan fingerprint density at radius 2 is 1.85 bits per heavy atom. The molecule has 1 aliphatic rings. The summed E-state index contributed by atoms with van der Waals surface area (Å²) in [6.45, 7) is 3.42. The largest absolute Gasteiger partial charge is 0.369 e.